The predicted octanol–water partition coefficient (Wildman–Crippen LogP) is 5.83. The largest absolute Gasteiger partial charge is 0.493 e. The average Bonchev–Trinajstić information content (AvgIpc) is 3.56. The normalized spacial score (nSPS) is 13.6. The van der Waals surface area contributed by atoms with Crippen molar-refractivity contribution in [2.24, 2.45) is 0 Å². The summed E-state index contributed by atoms with van der Waals surface area (Å²) in [6.45, 7) is 3.31. The number of rotatable bonds is 7. The summed E-state index contributed by atoms with van der Waals surface area (Å²) in [5.74, 6) is 1.35. The number of benzene rings is 2. The summed E-state index contributed by atoms with van der Waals surface area (Å²) in [6, 6.07) is 16.6. The standard InChI is InChI=1S/C28H26ClN5O2S/c1-35-22-9-8-19(12-23(22)36-2)25-26-20-10-11-33(13-18-6-4-3-5-7-18)15-24(20)37-28(26)32-21(27(25)29)14-34-16-30-31-17-34/h3-9,12,16-17H,10-11,13-15H2,1-2H3. The molecule has 0 aliphatic carbocycles. The molecule has 37 heavy (non-hydrogen) atoms. The lowest BCUT2D eigenvalue weighted by Crippen LogP contribution is -2.29. The van der Waals surface area contributed by atoms with Crippen molar-refractivity contribution in [1.82, 2.24) is 24.6 Å². The van der Waals surface area contributed by atoms with Gasteiger partial charge in [-0.3, -0.25) is 4.90 Å². The van der Waals surface area contributed by atoms with Gasteiger partial charge in [0.05, 0.1) is 31.5 Å². The number of hydrogen-bond acceptors (Lipinski definition) is 7. The summed E-state index contributed by atoms with van der Waals surface area (Å²) < 4.78 is 13.0. The van der Waals surface area contributed by atoms with Crippen molar-refractivity contribution in [3.8, 4) is 22.6 Å². The zero-order chi connectivity index (χ0) is 25.4. The van der Waals surface area contributed by atoms with Crippen LogP contribution >= 0.6 is 22.9 Å². The van der Waals surface area contributed by atoms with E-state index in [0.717, 1.165) is 53.1 Å². The fourth-order valence-corrected chi connectivity index (χ4v) is 6.62. The number of hydrogen-bond donors (Lipinski definition) is 0. The molecule has 6 rings (SSSR count). The van der Waals surface area contributed by atoms with Crippen LogP contribution in [0.15, 0.2) is 61.2 Å². The van der Waals surface area contributed by atoms with E-state index < -0.39 is 0 Å². The van der Waals surface area contributed by atoms with Crippen molar-refractivity contribution in [3.63, 3.8) is 0 Å². The van der Waals surface area contributed by atoms with Gasteiger partial charge in [0, 0.05) is 35.5 Å². The Morgan fingerprint density at radius 3 is 2.51 bits per heavy atom. The second-order valence-electron chi connectivity index (χ2n) is 9.08. The molecule has 188 valence electrons. The smallest absolute Gasteiger partial charge is 0.161 e. The van der Waals surface area contributed by atoms with E-state index in [1.165, 1.54) is 16.0 Å². The lowest BCUT2D eigenvalue weighted by Gasteiger charge is -2.27. The van der Waals surface area contributed by atoms with Gasteiger partial charge in [-0.2, -0.15) is 0 Å². The van der Waals surface area contributed by atoms with Crippen molar-refractivity contribution in [3.05, 3.63) is 87.9 Å². The molecule has 0 atom stereocenters. The fraction of sp³-hybridized carbons (Fsp3) is 0.250. The fourth-order valence-electron chi connectivity index (χ4n) is 5.03. The van der Waals surface area contributed by atoms with Crippen LogP contribution in [-0.4, -0.2) is 45.4 Å². The Morgan fingerprint density at radius 1 is 0.973 bits per heavy atom. The number of ether oxygens (including phenoxy) is 2. The summed E-state index contributed by atoms with van der Waals surface area (Å²) in [5, 5.41) is 9.66. The number of aromatic nitrogens is 4. The topological polar surface area (TPSA) is 65.3 Å². The summed E-state index contributed by atoms with van der Waals surface area (Å²) in [6.07, 6.45) is 4.31. The van der Waals surface area contributed by atoms with Crippen LogP contribution in [-0.2, 0) is 26.1 Å². The van der Waals surface area contributed by atoms with Crippen LogP contribution in [0.5, 0.6) is 11.5 Å². The Morgan fingerprint density at radius 2 is 1.76 bits per heavy atom. The number of methoxy groups -OCH3 is 2. The maximum atomic E-state index is 7.15. The van der Waals surface area contributed by atoms with E-state index in [2.05, 4.69) is 45.4 Å². The van der Waals surface area contributed by atoms with E-state index in [0.29, 0.717) is 23.1 Å². The second-order valence-corrected chi connectivity index (χ2v) is 10.5. The minimum absolute atomic E-state index is 0.491. The van der Waals surface area contributed by atoms with E-state index in [1.54, 1.807) is 38.2 Å². The SMILES string of the molecule is COc1ccc(-c2c(Cl)c(Cn3cnnc3)nc3sc4c(c23)CCN(Cc2ccccc2)C4)cc1OC. The van der Waals surface area contributed by atoms with Crippen LogP contribution in [0.2, 0.25) is 5.02 Å². The molecule has 0 unspecified atom stereocenters. The molecule has 1 aliphatic rings. The Bertz CT molecular complexity index is 1550. The zero-order valence-electron chi connectivity index (χ0n) is 20.6. The third-order valence-electron chi connectivity index (χ3n) is 6.80. The minimum Gasteiger partial charge on any atom is -0.493 e. The van der Waals surface area contributed by atoms with Crippen molar-refractivity contribution in [2.75, 3.05) is 20.8 Å². The molecular weight excluding hydrogens is 506 g/mol. The van der Waals surface area contributed by atoms with Crippen LogP contribution in [0.3, 0.4) is 0 Å². The van der Waals surface area contributed by atoms with Crippen LogP contribution in [0.4, 0.5) is 0 Å². The average molecular weight is 532 g/mol. The first-order chi connectivity index (χ1) is 18.1. The molecule has 0 amide bonds. The van der Waals surface area contributed by atoms with E-state index in [-0.39, 0.29) is 0 Å². The number of halogens is 1. The third-order valence-corrected chi connectivity index (χ3v) is 8.31. The van der Waals surface area contributed by atoms with Gasteiger partial charge in [0.15, 0.2) is 11.5 Å². The number of nitrogens with zero attached hydrogens (tertiary/aromatic N) is 5. The maximum Gasteiger partial charge on any atom is 0.161 e. The Hall–Kier alpha value is -3.46. The highest BCUT2D eigenvalue weighted by Gasteiger charge is 2.27. The molecule has 1 aliphatic heterocycles. The number of fused-ring (bicyclic) bond motifs is 3. The van der Waals surface area contributed by atoms with Gasteiger partial charge in [0.2, 0.25) is 0 Å². The highest BCUT2D eigenvalue weighted by atomic mass is 35.5. The van der Waals surface area contributed by atoms with Crippen molar-refractivity contribution < 1.29 is 9.47 Å². The summed E-state index contributed by atoms with van der Waals surface area (Å²) in [7, 11) is 3.29. The first-order valence-corrected chi connectivity index (χ1v) is 13.3. The van der Waals surface area contributed by atoms with Gasteiger partial charge in [-0.1, -0.05) is 48.0 Å². The predicted molar refractivity (Wildman–Crippen MR) is 147 cm³/mol. The Kier molecular flexibility index (Phi) is 6.54. The van der Waals surface area contributed by atoms with Crippen molar-refractivity contribution in [1.29, 1.82) is 0 Å². The van der Waals surface area contributed by atoms with E-state index in [9.17, 15) is 0 Å². The molecule has 0 bridgehead atoms. The maximum absolute atomic E-state index is 7.15. The minimum atomic E-state index is 0.491. The number of pyridine rings is 1. The lowest BCUT2D eigenvalue weighted by molar-refractivity contribution is 0.249. The van der Waals surface area contributed by atoms with E-state index in [4.69, 9.17) is 26.1 Å². The van der Waals surface area contributed by atoms with Crippen LogP contribution in [0, 0.1) is 0 Å². The molecule has 9 heteroatoms. The zero-order valence-corrected chi connectivity index (χ0v) is 22.2. The van der Waals surface area contributed by atoms with Crippen molar-refractivity contribution >= 4 is 33.2 Å². The van der Waals surface area contributed by atoms with Gasteiger partial charge in [0.25, 0.3) is 0 Å². The van der Waals surface area contributed by atoms with Gasteiger partial charge in [-0.15, -0.1) is 21.5 Å². The lowest BCUT2D eigenvalue weighted by atomic mass is 9.95. The van der Waals surface area contributed by atoms with E-state index in [1.807, 2.05) is 22.8 Å². The third kappa shape index (κ3) is 4.56. The molecule has 2 aromatic carbocycles. The highest BCUT2D eigenvalue weighted by molar-refractivity contribution is 7.19. The van der Waals surface area contributed by atoms with E-state index >= 15 is 0 Å². The molecule has 0 spiro atoms. The van der Waals surface area contributed by atoms with Gasteiger partial charge in [-0.05, 0) is 35.2 Å². The van der Waals surface area contributed by atoms with Crippen LogP contribution in [0.1, 0.15) is 21.7 Å². The van der Waals surface area contributed by atoms with Gasteiger partial charge in [-0.25, -0.2) is 4.98 Å². The number of thiophene rings is 1. The second kappa shape index (κ2) is 10.1. The molecular formula is C28H26ClN5O2S. The first kappa shape index (κ1) is 23.9. The Labute approximate surface area is 224 Å². The molecule has 0 saturated heterocycles. The highest BCUT2D eigenvalue weighted by Crippen LogP contribution is 2.46. The first-order valence-electron chi connectivity index (χ1n) is 12.1. The summed E-state index contributed by atoms with van der Waals surface area (Å²) in [4.78, 5) is 9.92. The van der Waals surface area contributed by atoms with Gasteiger partial charge in [0.1, 0.15) is 17.5 Å². The van der Waals surface area contributed by atoms with Gasteiger partial charge < -0.3 is 14.0 Å². The quantitative estimate of drug-likeness (QED) is 0.263. The molecule has 5 aromatic rings. The molecule has 0 saturated carbocycles. The molecule has 7 nitrogen and oxygen atoms in total. The molecule has 0 fully saturated rings. The monoisotopic (exact) mass is 531 g/mol. The van der Waals surface area contributed by atoms with Gasteiger partial charge >= 0.3 is 0 Å². The van der Waals surface area contributed by atoms with Crippen LogP contribution < -0.4 is 9.47 Å². The molecule has 4 heterocycles. The summed E-state index contributed by atoms with van der Waals surface area (Å²) in [5.41, 5.74) is 5.44. The Balaban J connectivity index is 1.48. The molecule has 0 radical (unpaired) electrons. The molecule has 3 aromatic heterocycles. The van der Waals surface area contributed by atoms with Crippen molar-refractivity contribution in [2.45, 2.75) is 26.1 Å². The van der Waals surface area contributed by atoms with Crippen LogP contribution in [0.25, 0.3) is 21.3 Å². The summed E-state index contributed by atoms with van der Waals surface area (Å²) >= 11 is 8.92. The molecule has 0 N–H and O–H groups in total.